The van der Waals surface area contributed by atoms with Gasteiger partial charge in [0.15, 0.2) is 0 Å². The molecular formula is C18H26N2O2. The van der Waals surface area contributed by atoms with E-state index in [2.05, 4.69) is 11.0 Å². The normalized spacial score (nSPS) is 23.0. The number of carbonyl (C=O) groups is 1. The number of hydrogen-bond donors (Lipinski definition) is 1. The Kier molecular flexibility index (Phi) is 5.11. The summed E-state index contributed by atoms with van der Waals surface area (Å²) in [5.41, 5.74) is 1.97. The minimum absolute atomic E-state index is 0.168. The topological polar surface area (TPSA) is 43.8 Å². The Bertz CT molecular complexity index is 512. The number of amides is 1. The lowest BCUT2D eigenvalue weighted by molar-refractivity contribution is 0.0724. The van der Waals surface area contributed by atoms with E-state index in [1.165, 1.54) is 12.0 Å². The standard InChI is InChI=1S/C18H26N2O2/c21-14-17-8-5-11-20(17)13-15-6-4-7-16(12-15)18(22)19-9-2-1-3-10-19/h4,6-7,12,17,21H,1-3,5,8-11,13-14H2. The number of rotatable bonds is 4. The van der Waals surface area contributed by atoms with Crippen molar-refractivity contribution in [3.8, 4) is 0 Å². The van der Waals surface area contributed by atoms with Gasteiger partial charge < -0.3 is 10.0 Å². The summed E-state index contributed by atoms with van der Waals surface area (Å²) < 4.78 is 0. The molecule has 1 amide bonds. The molecule has 2 aliphatic rings. The number of carbonyl (C=O) groups excluding carboxylic acids is 1. The molecule has 2 aliphatic heterocycles. The van der Waals surface area contributed by atoms with E-state index in [0.717, 1.165) is 57.4 Å². The van der Waals surface area contributed by atoms with Crippen molar-refractivity contribution in [2.45, 2.75) is 44.7 Å². The summed E-state index contributed by atoms with van der Waals surface area (Å²) in [6.45, 7) is 3.87. The summed E-state index contributed by atoms with van der Waals surface area (Å²) in [7, 11) is 0. The molecule has 1 aromatic carbocycles. The van der Waals surface area contributed by atoms with Gasteiger partial charge in [-0.05, 0) is 56.3 Å². The Labute approximate surface area is 132 Å². The van der Waals surface area contributed by atoms with Gasteiger partial charge in [0.05, 0.1) is 6.61 Å². The predicted molar refractivity (Wildman–Crippen MR) is 86.7 cm³/mol. The molecule has 2 heterocycles. The van der Waals surface area contributed by atoms with Crippen LogP contribution in [0.3, 0.4) is 0 Å². The first-order valence-electron chi connectivity index (χ1n) is 8.51. The van der Waals surface area contributed by atoms with Gasteiger partial charge in [0.2, 0.25) is 0 Å². The van der Waals surface area contributed by atoms with Crippen molar-refractivity contribution < 1.29 is 9.90 Å². The van der Waals surface area contributed by atoms with Crippen LogP contribution in [0.5, 0.6) is 0 Å². The van der Waals surface area contributed by atoms with Crippen molar-refractivity contribution in [3.63, 3.8) is 0 Å². The summed E-state index contributed by atoms with van der Waals surface area (Å²) in [5, 5.41) is 9.43. The fraction of sp³-hybridized carbons (Fsp3) is 0.611. The number of piperidine rings is 1. The van der Waals surface area contributed by atoms with Crippen LogP contribution in [0.15, 0.2) is 24.3 Å². The Hall–Kier alpha value is -1.39. The first-order valence-corrected chi connectivity index (χ1v) is 8.51. The van der Waals surface area contributed by atoms with Gasteiger partial charge in [-0.3, -0.25) is 9.69 Å². The molecule has 0 spiro atoms. The minimum atomic E-state index is 0.168. The third-order valence-electron chi connectivity index (χ3n) is 4.91. The average molecular weight is 302 g/mol. The maximum absolute atomic E-state index is 12.6. The summed E-state index contributed by atoms with van der Waals surface area (Å²) in [5.74, 6) is 0.168. The van der Waals surface area contributed by atoms with Gasteiger partial charge in [0.25, 0.3) is 5.91 Å². The predicted octanol–water partition coefficient (Wildman–Crippen LogP) is 2.27. The van der Waals surface area contributed by atoms with E-state index in [4.69, 9.17) is 0 Å². The van der Waals surface area contributed by atoms with Crippen molar-refractivity contribution in [1.82, 2.24) is 9.80 Å². The summed E-state index contributed by atoms with van der Waals surface area (Å²) in [4.78, 5) is 16.9. The SMILES string of the molecule is O=C(c1cccc(CN2CCCC2CO)c1)N1CCCCC1. The molecular weight excluding hydrogens is 276 g/mol. The smallest absolute Gasteiger partial charge is 0.253 e. The number of hydrogen-bond acceptors (Lipinski definition) is 3. The largest absolute Gasteiger partial charge is 0.395 e. The zero-order valence-electron chi connectivity index (χ0n) is 13.2. The number of aliphatic hydroxyl groups is 1. The average Bonchev–Trinajstić information content (AvgIpc) is 3.02. The first kappa shape index (κ1) is 15.5. The molecule has 1 aromatic rings. The molecule has 0 bridgehead atoms. The van der Waals surface area contributed by atoms with Crippen LogP contribution >= 0.6 is 0 Å². The molecule has 0 saturated carbocycles. The second-order valence-corrected chi connectivity index (χ2v) is 6.50. The molecule has 0 aromatic heterocycles. The Morgan fingerprint density at radius 1 is 1.14 bits per heavy atom. The maximum Gasteiger partial charge on any atom is 0.253 e. The van der Waals surface area contributed by atoms with Gasteiger partial charge in [0, 0.05) is 31.2 Å². The van der Waals surface area contributed by atoms with E-state index in [1.807, 2.05) is 23.1 Å². The fourth-order valence-corrected chi connectivity index (χ4v) is 3.63. The van der Waals surface area contributed by atoms with Crippen molar-refractivity contribution in [1.29, 1.82) is 0 Å². The zero-order valence-corrected chi connectivity index (χ0v) is 13.2. The zero-order chi connectivity index (χ0) is 15.4. The molecule has 22 heavy (non-hydrogen) atoms. The molecule has 1 atom stereocenters. The Morgan fingerprint density at radius 3 is 2.73 bits per heavy atom. The van der Waals surface area contributed by atoms with E-state index in [-0.39, 0.29) is 18.6 Å². The van der Waals surface area contributed by atoms with Gasteiger partial charge in [-0.2, -0.15) is 0 Å². The summed E-state index contributed by atoms with van der Waals surface area (Å²) >= 11 is 0. The Balaban J connectivity index is 1.68. The fourth-order valence-electron chi connectivity index (χ4n) is 3.63. The number of likely N-dealkylation sites (tertiary alicyclic amines) is 2. The molecule has 4 heteroatoms. The molecule has 3 rings (SSSR count). The van der Waals surface area contributed by atoms with Gasteiger partial charge in [0.1, 0.15) is 0 Å². The first-order chi connectivity index (χ1) is 10.8. The van der Waals surface area contributed by atoms with Crippen LogP contribution in [0.4, 0.5) is 0 Å². The Morgan fingerprint density at radius 2 is 1.95 bits per heavy atom. The van der Waals surface area contributed by atoms with E-state index < -0.39 is 0 Å². The van der Waals surface area contributed by atoms with Gasteiger partial charge in [-0.25, -0.2) is 0 Å². The highest BCUT2D eigenvalue weighted by atomic mass is 16.3. The number of nitrogens with zero attached hydrogens (tertiary/aromatic N) is 2. The highest BCUT2D eigenvalue weighted by molar-refractivity contribution is 5.94. The second kappa shape index (κ2) is 7.25. The summed E-state index contributed by atoms with van der Waals surface area (Å²) in [6, 6.07) is 8.30. The van der Waals surface area contributed by atoms with E-state index in [9.17, 15) is 9.90 Å². The van der Waals surface area contributed by atoms with E-state index in [1.54, 1.807) is 0 Å². The quantitative estimate of drug-likeness (QED) is 0.928. The van der Waals surface area contributed by atoms with Crippen LogP contribution in [0.1, 0.15) is 48.0 Å². The second-order valence-electron chi connectivity index (χ2n) is 6.50. The highest BCUT2D eigenvalue weighted by Gasteiger charge is 2.24. The molecule has 4 nitrogen and oxygen atoms in total. The van der Waals surface area contributed by atoms with Gasteiger partial charge in [-0.15, -0.1) is 0 Å². The van der Waals surface area contributed by atoms with Gasteiger partial charge in [-0.1, -0.05) is 12.1 Å². The lowest BCUT2D eigenvalue weighted by Crippen LogP contribution is -2.35. The van der Waals surface area contributed by atoms with Crippen LogP contribution in [0.2, 0.25) is 0 Å². The molecule has 0 radical (unpaired) electrons. The van der Waals surface area contributed by atoms with Gasteiger partial charge >= 0.3 is 0 Å². The molecule has 1 N–H and O–H groups in total. The minimum Gasteiger partial charge on any atom is -0.395 e. The monoisotopic (exact) mass is 302 g/mol. The highest BCUT2D eigenvalue weighted by Crippen LogP contribution is 2.21. The van der Waals surface area contributed by atoms with Crippen LogP contribution in [0.25, 0.3) is 0 Å². The number of benzene rings is 1. The van der Waals surface area contributed by atoms with Crippen molar-refractivity contribution in [3.05, 3.63) is 35.4 Å². The lowest BCUT2D eigenvalue weighted by Gasteiger charge is -2.27. The maximum atomic E-state index is 12.6. The summed E-state index contributed by atoms with van der Waals surface area (Å²) in [6.07, 6.45) is 5.70. The third-order valence-corrected chi connectivity index (χ3v) is 4.91. The van der Waals surface area contributed by atoms with Crippen molar-refractivity contribution in [2.75, 3.05) is 26.2 Å². The lowest BCUT2D eigenvalue weighted by atomic mass is 10.1. The van der Waals surface area contributed by atoms with Crippen molar-refractivity contribution >= 4 is 5.91 Å². The molecule has 1 unspecified atom stereocenters. The molecule has 2 fully saturated rings. The van der Waals surface area contributed by atoms with Crippen LogP contribution in [-0.2, 0) is 6.54 Å². The van der Waals surface area contributed by atoms with Crippen molar-refractivity contribution in [2.24, 2.45) is 0 Å². The molecule has 120 valence electrons. The molecule has 0 aliphatic carbocycles. The van der Waals surface area contributed by atoms with Crippen LogP contribution in [-0.4, -0.2) is 53.1 Å². The number of aliphatic hydroxyl groups excluding tert-OH is 1. The molecule has 2 saturated heterocycles. The van der Waals surface area contributed by atoms with E-state index in [0.29, 0.717) is 0 Å². The van der Waals surface area contributed by atoms with Crippen LogP contribution in [0, 0.1) is 0 Å². The van der Waals surface area contributed by atoms with Crippen LogP contribution < -0.4 is 0 Å². The third kappa shape index (κ3) is 3.50. The van der Waals surface area contributed by atoms with E-state index >= 15 is 0 Å².